The van der Waals surface area contributed by atoms with E-state index in [9.17, 15) is 9.59 Å². The highest BCUT2D eigenvalue weighted by molar-refractivity contribution is 6.35. The molecule has 0 aliphatic rings. The van der Waals surface area contributed by atoms with Gasteiger partial charge in [0.25, 0.3) is 0 Å². The largest absolute Gasteiger partial charge is 0.355 e. The van der Waals surface area contributed by atoms with Gasteiger partial charge in [-0.25, -0.2) is 0 Å². The fourth-order valence-corrected chi connectivity index (χ4v) is 2.73. The summed E-state index contributed by atoms with van der Waals surface area (Å²) >= 11 is 17.7. The summed E-state index contributed by atoms with van der Waals surface area (Å²) in [5, 5.41) is 6.92. The standard InChI is InChI=1S/C17H15Cl3N2O2/c18-12-2-1-3-14(8-12)22-17(24)10-16(23)21-7-6-11-4-5-13(19)9-15(11)20/h1-5,8-9H,6-7,10H2,(H,21,23)(H,22,24). The Morgan fingerprint density at radius 2 is 1.67 bits per heavy atom. The van der Waals surface area contributed by atoms with Crippen molar-refractivity contribution in [2.75, 3.05) is 11.9 Å². The molecule has 7 heteroatoms. The normalized spacial score (nSPS) is 10.3. The Bertz CT molecular complexity index is 750. The van der Waals surface area contributed by atoms with Gasteiger partial charge in [0.1, 0.15) is 6.42 Å². The van der Waals surface area contributed by atoms with Gasteiger partial charge < -0.3 is 10.6 Å². The van der Waals surface area contributed by atoms with Crippen LogP contribution in [-0.2, 0) is 16.0 Å². The minimum Gasteiger partial charge on any atom is -0.355 e. The third-order valence-electron chi connectivity index (χ3n) is 3.16. The third kappa shape index (κ3) is 6.04. The van der Waals surface area contributed by atoms with E-state index < -0.39 is 5.91 Å². The minimum atomic E-state index is -0.403. The third-order valence-corrected chi connectivity index (χ3v) is 3.98. The van der Waals surface area contributed by atoms with Gasteiger partial charge in [-0.05, 0) is 42.3 Å². The zero-order valence-corrected chi connectivity index (χ0v) is 14.9. The smallest absolute Gasteiger partial charge is 0.233 e. The number of hydrogen-bond acceptors (Lipinski definition) is 2. The first kappa shape index (κ1) is 18.6. The van der Waals surface area contributed by atoms with Crippen LogP contribution in [0.2, 0.25) is 15.1 Å². The topological polar surface area (TPSA) is 58.2 Å². The summed E-state index contributed by atoms with van der Waals surface area (Å²) in [6.07, 6.45) is 0.290. The fraction of sp³-hybridized carbons (Fsp3) is 0.176. The first-order chi connectivity index (χ1) is 11.4. The van der Waals surface area contributed by atoms with Gasteiger partial charge in [-0.2, -0.15) is 0 Å². The number of hydrogen-bond donors (Lipinski definition) is 2. The molecular formula is C17H15Cl3N2O2. The van der Waals surface area contributed by atoms with Crippen molar-refractivity contribution in [3.8, 4) is 0 Å². The van der Waals surface area contributed by atoms with Gasteiger partial charge >= 0.3 is 0 Å². The maximum Gasteiger partial charge on any atom is 0.233 e. The van der Waals surface area contributed by atoms with Gasteiger partial charge in [0, 0.05) is 27.3 Å². The summed E-state index contributed by atoms with van der Waals surface area (Å²) in [6.45, 7) is 0.380. The Morgan fingerprint density at radius 3 is 2.38 bits per heavy atom. The van der Waals surface area contributed by atoms with Crippen molar-refractivity contribution in [1.29, 1.82) is 0 Å². The molecule has 2 rings (SSSR count). The lowest BCUT2D eigenvalue weighted by Gasteiger charge is -2.08. The van der Waals surface area contributed by atoms with Crippen LogP contribution in [0.5, 0.6) is 0 Å². The lowest BCUT2D eigenvalue weighted by atomic mass is 10.1. The van der Waals surface area contributed by atoms with Gasteiger partial charge in [0.2, 0.25) is 11.8 Å². The first-order valence-electron chi connectivity index (χ1n) is 7.20. The average molecular weight is 386 g/mol. The minimum absolute atomic E-state index is 0.263. The van der Waals surface area contributed by atoms with Gasteiger partial charge in [0.15, 0.2) is 0 Å². The fourth-order valence-electron chi connectivity index (χ4n) is 2.04. The number of rotatable bonds is 6. The van der Waals surface area contributed by atoms with E-state index in [2.05, 4.69) is 10.6 Å². The molecule has 0 bridgehead atoms. The van der Waals surface area contributed by atoms with E-state index >= 15 is 0 Å². The molecule has 0 heterocycles. The Hall–Kier alpha value is -1.75. The predicted octanol–water partition coefficient (Wildman–Crippen LogP) is 4.33. The number of carbonyl (C=O) groups is 2. The molecule has 0 radical (unpaired) electrons. The van der Waals surface area contributed by atoms with Crippen molar-refractivity contribution in [2.24, 2.45) is 0 Å². The average Bonchev–Trinajstić information content (AvgIpc) is 2.49. The molecular weight excluding hydrogens is 371 g/mol. The van der Waals surface area contributed by atoms with Crippen LogP contribution in [0.25, 0.3) is 0 Å². The number of halogens is 3. The quantitative estimate of drug-likeness (QED) is 0.727. The zero-order chi connectivity index (χ0) is 17.5. The Morgan fingerprint density at radius 1 is 0.917 bits per heavy atom. The van der Waals surface area contributed by atoms with Crippen LogP contribution in [0, 0.1) is 0 Å². The molecule has 0 aliphatic heterocycles. The number of amides is 2. The van der Waals surface area contributed by atoms with Crippen LogP contribution >= 0.6 is 34.8 Å². The second-order valence-electron chi connectivity index (χ2n) is 5.07. The molecule has 24 heavy (non-hydrogen) atoms. The van der Waals surface area contributed by atoms with E-state index in [1.807, 2.05) is 6.07 Å². The van der Waals surface area contributed by atoms with E-state index in [-0.39, 0.29) is 12.3 Å². The van der Waals surface area contributed by atoms with Crippen LogP contribution in [0.1, 0.15) is 12.0 Å². The summed E-state index contributed by atoms with van der Waals surface area (Å²) in [5.74, 6) is -0.765. The Labute approximate surface area is 155 Å². The molecule has 0 saturated carbocycles. The molecule has 0 aromatic heterocycles. The van der Waals surface area contributed by atoms with Gasteiger partial charge in [0.05, 0.1) is 0 Å². The van der Waals surface area contributed by atoms with E-state index in [0.29, 0.717) is 33.7 Å². The number of benzene rings is 2. The highest BCUT2D eigenvalue weighted by Crippen LogP contribution is 2.21. The summed E-state index contributed by atoms with van der Waals surface area (Å²) in [4.78, 5) is 23.6. The highest BCUT2D eigenvalue weighted by Gasteiger charge is 2.10. The van der Waals surface area contributed by atoms with E-state index in [0.717, 1.165) is 5.56 Å². The molecule has 0 aliphatic carbocycles. The SMILES string of the molecule is O=C(CC(=O)Nc1cccc(Cl)c1)NCCc1ccc(Cl)cc1Cl. The lowest BCUT2D eigenvalue weighted by molar-refractivity contribution is -0.126. The van der Waals surface area contributed by atoms with E-state index in [4.69, 9.17) is 34.8 Å². The molecule has 2 aromatic carbocycles. The molecule has 2 amide bonds. The second-order valence-corrected chi connectivity index (χ2v) is 6.35. The van der Waals surface area contributed by atoms with Crippen molar-refractivity contribution in [1.82, 2.24) is 5.32 Å². The molecule has 0 atom stereocenters. The van der Waals surface area contributed by atoms with E-state index in [1.54, 1.807) is 36.4 Å². The number of anilines is 1. The molecule has 0 fully saturated rings. The highest BCUT2D eigenvalue weighted by atomic mass is 35.5. The van der Waals surface area contributed by atoms with Crippen molar-refractivity contribution in [3.05, 3.63) is 63.1 Å². The maximum absolute atomic E-state index is 11.8. The van der Waals surface area contributed by atoms with Crippen LogP contribution < -0.4 is 10.6 Å². The van der Waals surface area contributed by atoms with Crippen LogP contribution in [0.3, 0.4) is 0 Å². The summed E-state index contributed by atoms with van der Waals surface area (Å²) in [7, 11) is 0. The lowest BCUT2D eigenvalue weighted by Crippen LogP contribution is -2.29. The van der Waals surface area contributed by atoms with Gasteiger partial charge in [-0.3, -0.25) is 9.59 Å². The Kier molecular flexibility index (Phi) is 6.91. The zero-order valence-electron chi connectivity index (χ0n) is 12.6. The first-order valence-corrected chi connectivity index (χ1v) is 8.33. The summed E-state index contributed by atoms with van der Waals surface area (Å²) in [5.41, 5.74) is 1.43. The molecule has 0 unspecified atom stereocenters. The molecule has 2 N–H and O–H groups in total. The Balaban J connectivity index is 1.75. The molecule has 0 saturated heterocycles. The van der Waals surface area contributed by atoms with Crippen LogP contribution in [0.15, 0.2) is 42.5 Å². The van der Waals surface area contributed by atoms with Gasteiger partial charge in [-0.15, -0.1) is 0 Å². The van der Waals surface area contributed by atoms with Crippen molar-refractivity contribution in [2.45, 2.75) is 12.8 Å². The maximum atomic E-state index is 11.8. The monoisotopic (exact) mass is 384 g/mol. The van der Waals surface area contributed by atoms with E-state index in [1.165, 1.54) is 0 Å². The summed E-state index contributed by atoms with van der Waals surface area (Å²) in [6, 6.07) is 11.9. The molecule has 4 nitrogen and oxygen atoms in total. The molecule has 2 aromatic rings. The number of nitrogens with one attached hydrogen (secondary N) is 2. The van der Waals surface area contributed by atoms with Crippen molar-refractivity contribution in [3.63, 3.8) is 0 Å². The molecule has 0 spiro atoms. The number of carbonyl (C=O) groups excluding carboxylic acids is 2. The summed E-state index contributed by atoms with van der Waals surface area (Å²) < 4.78 is 0. The van der Waals surface area contributed by atoms with Crippen LogP contribution in [0.4, 0.5) is 5.69 Å². The van der Waals surface area contributed by atoms with Crippen molar-refractivity contribution >= 4 is 52.3 Å². The predicted molar refractivity (Wildman–Crippen MR) is 97.9 cm³/mol. The molecule has 126 valence electrons. The second kappa shape index (κ2) is 8.92. The van der Waals surface area contributed by atoms with Gasteiger partial charge in [-0.1, -0.05) is 46.9 Å². The van der Waals surface area contributed by atoms with Crippen molar-refractivity contribution < 1.29 is 9.59 Å². The van der Waals surface area contributed by atoms with Crippen LogP contribution in [-0.4, -0.2) is 18.4 Å².